The first-order valence-electron chi connectivity index (χ1n) is 4.52. The van der Waals surface area contributed by atoms with Crippen molar-refractivity contribution in [2.24, 2.45) is 11.3 Å². The summed E-state index contributed by atoms with van der Waals surface area (Å²) in [5, 5.41) is 9.41. The van der Waals surface area contributed by atoms with Crippen molar-refractivity contribution in [2.45, 2.75) is 47.1 Å². The summed E-state index contributed by atoms with van der Waals surface area (Å²) >= 11 is 0. The number of hydrogen-bond acceptors (Lipinski definition) is 1. The first-order chi connectivity index (χ1) is 5.31. The minimum absolute atomic E-state index is 0.00202. The second-order valence-corrected chi connectivity index (χ2v) is 4.66. The van der Waals surface area contributed by atoms with Crippen molar-refractivity contribution in [3.05, 3.63) is 0 Å². The molecule has 0 aliphatic carbocycles. The Labute approximate surface area is 76.2 Å². The zero-order valence-electron chi connectivity index (χ0n) is 8.81. The van der Waals surface area contributed by atoms with Gasteiger partial charge in [0, 0.05) is 5.41 Å². The molecule has 0 amide bonds. The molecule has 0 saturated carbocycles. The molecule has 0 aromatic carbocycles. The van der Waals surface area contributed by atoms with Crippen LogP contribution >= 0.6 is 0 Å². The molecule has 0 aliphatic heterocycles. The lowest BCUT2D eigenvalue weighted by molar-refractivity contribution is 0.203. The topological polar surface area (TPSA) is 20.2 Å². The average Bonchev–Trinajstić information content (AvgIpc) is 1.80. The van der Waals surface area contributed by atoms with E-state index in [9.17, 15) is 5.11 Å². The second kappa shape index (κ2) is 4.52. The van der Waals surface area contributed by atoms with Gasteiger partial charge in [-0.25, -0.2) is 0 Å². The maximum atomic E-state index is 9.41. The normalized spacial score (nSPS) is 13.9. The molecule has 0 aliphatic rings. The Bertz CT molecular complexity index is 175. The number of rotatable bonds is 2. The zero-order chi connectivity index (χ0) is 9.78. The summed E-state index contributed by atoms with van der Waals surface area (Å²) in [6, 6.07) is 0. The molecule has 1 unspecified atom stereocenters. The van der Waals surface area contributed by atoms with E-state index in [1.54, 1.807) is 0 Å². The third-order valence-corrected chi connectivity index (χ3v) is 1.31. The van der Waals surface area contributed by atoms with Gasteiger partial charge in [-0.2, -0.15) is 0 Å². The van der Waals surface area contributed by atoms with E-state index < -0.39 is 6.10 Å². The number of aliphatic hydroxyl groups is 1. The molecule has 1 nitrogen and oxygen atoms in total. The summed E-state index contributed by atoms with van der Waals surface area (Å²) in [5.74, 6) is 6.40. The Kier molecular flexibility index (Phi) is 4.34. The van der Waals surface area contributed by atoms with E-state index >= 15 is 0 Å². The molecular weight excluding hydrogens is 148 g/mol. The van der Waals surface area contributed by atoms with Gasteiger partial charge in [-0.3, -0.25) is 0 Å². The van der Waals surface area contributed by atoms with Crippen molar-refractivity contribution in [3.63, 3.8) is 0 Å². The summed E-state index contributed by atoms with van der Waals surface area (Å²) in [6.45, 7) is 10.3. The fourth-order valence-corrected chi connectivity index (χ4v) is 0.805. The van der Waals surface area contributed by atoms with Crippen LogP contribution < -0.4 is 0 Å². The molecule has 0 heterocycles. The molecule has 1 heteroatoms. The summed E-state index contributed by atoms with van der Waals surface area (Å²) in [6.07, 6.45) is 0.313. The predicted octanol–water partition coefficient (Wildman–Crippen LogP) is 2.44. The van der Waals surface area contributed by atoms with Gasteiger partial charge < -0.3 is 5.11 Å². The van der Waals surface area contributed by atoms with Crippen molar-refractivity contribution in [2.75, 3.05) is 0 Å². The molecule has 0 aromatic heterocycles. The summed E-state index contributed by atoms with van der Waals surface area (Å²) in [5.41, 5.74) is -0.00202. The molecule has 0 aromatic rings. The standard InChI is InChI=1S/C11H20O/c1-9(2)8-10(12)6-7-11(3,4)5/h9-10,12H,8H2,1-5H3. The van der Waals surface area contributed by atoms with Crippen molar-refractivity contribution in [1.29, 1.82) is 0 Å². The van der Waals surface area contributed by atoms with Crippen LogP contribution in [0.3, 0.4) is 0 Å². The van der Waals surface area contributed by atoms with Crippen LogP contribution in [0.4, 0.5) is 0 Å². The molecule has 0 spiro atoms. The lowest BCUT2D eigenvalue weighted by Crippen LogP contribution is -2.09. The highest BCUT2D eigenvalue weighted by atomic mass is 16.3. The van der Waals surface area contributed by atoms with E-state index in [-0.39, 0.29) is 5.41 Å². The van der Waals surface area contributed by atoms with E-state index in [2.05, 4.69) is 25.7 Å². The SMILES string of the molecule is CC(C)CC(O)C#CC(C)(C)C. The smallest absolute Gasteiger partial charge is 0.115 e. The molecule has 0 rings (SSSR count). The van der Waals surface area contributed by atoms with Crippen molar-refractivity contribution < 1.29 is 5.11 Å². The molecule has 0 bridgehead atoms. The van der Waals surface area contributed by atoms with Gasteiger partial charge in [0.1, 0.15) is 6.10 Å². The van der Waals surface area contributed by atoms with Gasteiger partial charge in [0.15, 0.2) is 0 Å². The quantitative estimate of drug-likeness (QED) is 0.628. The average molecular weight is 168 g/mol. The van der Waals surface area contributed by atoms with Gasteiger partial charge in [0.25, 0.3) is 0 Å². The van der Waals surface area contributed by atoms with E-state index in [0.29, 0.717) is 5.92 Å². The molecule has 12 heavy (non-hydrogen) atoms. The lowest BCUT2D eigenvalue weighted by Gasteiger charge is -2.10. The van der Waals surface area contributed by atoms with Gasteiger partial charge in [0.2, 0.25) is 0 Å². The van der Waals surface area contributed by atoms with Crippen LogP contribution in [0.25, 0.3) is 0 Å². The monoisotopic (exact) mass is 168 g/mol. The maximum Gasteiger partial charge on any atom is 0.115 e. The fraction of sp³-hybridized carbons (Fsp3) is 0.818. The van der Waals surface area contributed by atoms with Crippen molar-refractivity contribution in [3.8, 4) is 11.8 Å². The highest BCUT2D eigenvalue weighted by molar-refractivity contribution is 5.10. The highest BCUT2D eigenvalue weighted by Crippen LogP contribution is 2.11. The molecule has 1 N–H and O–H groups in total. The van der Waals surface area contributed by atoms with Crippen LogP contribution in [-0.4, -0.2) is 11.2 Å². The van der Waals surface area contributed by atoms with Crippen LogP contribution in [-0.2, 0) is 0 Å². The minimum atomic E-state index is -0.454. The molecule has 0 saturated heterocycles. The van der Waals surface area contributed by atoms with Crippen LogP contribution in [0.2, 0.25) is 0 Å². The number of aliphatic hydroxyl groups excluding tert-OH is 1. The lowest BCUT2D eigenvalue weighted by atomic mass is 9.97. The first-order valence-corrected chi connectivity index (χ1v) is 4.52. The Balaban J connectivity index is 3.96. The summed E-state index contributed by atoms with van der Waals surface area (Å²) < 4.78 is 0. The Morgan fingerprint density at radius 1 is 1.25 bits per heavy atom. The maximum absolute atomic E-state index is 9.41. The van der Waals surface area contributed by atoms with Gasteiger partial charge in [-0.1, -0.05) is 25.7 Å². The fourth-order valence-electron chi connectivity index (χ4n) is 0.805. The second-order valence-electron chi connectivity index (χ2n) is 4.66. The first kappa shape index (κ1) is 11.5. The van der Waals surface area contributed by atoms with E-state index in [1.165, 1.54) is 0 Å². The van der Waals surface area contributed by atoms with Gasteiger partial charge >= 0.3 is 0 Å². The predicted molar refractivity (Wildman–Crippen MR) is 52.7 cm³/mol. The van der Waals surface area contributed by atoms with E-state index in [0.717, 1.165) is 6.42 Å². The summed E-state index contributed by atoms with van der Waals surface area (Å²) in [7, 11) is 0. The Morgan fingerprint density at radius 2 is 1.75 bits per heavy atom. The third kappa shape index (κ3) is 7.63. The zero-order valence-corrected chi connectivity index (χ0v) is 8.81. The van der Waals surface area contributed by atoms with Crippen LogP contribution in [0, 0.1) is 23.2 Å². The molecule has 1 atom stereocenters. The Hall–Kier alpha value is -0.480. The van der Waals surface area contributed by atoms with Gasteiger partial charge in [-0.05, 0) is 33.1 Å². The van der Waals surface area contributed by atoms with Crippen LogP contribution in [0.1, 0.15) is 41.0 Å². The Morgan fingerprint density at radius 3 is 2.08 bits per heavy atom. The van der Waals surface area contributed by atoms with Crippen molar-refractivity contribution >= 4 is 0 Å². The summed E-state index contributed by atoms with van der Waals surface area (Å²) in [4.78, 5) is 0. The molecule has 70 valence electrons. The van der Waals surface area contributed by atoms with Crippen LogP contribution in [0.15, 0.2) is 0 Å². The van der Waals surface area contributed by atoms with E-state index in [4.69, 9.17) is 0 Å². The van der Waals surface area contributed by atoms with Crippen molar-refractivity contribution in [1.82, 2.24) is 0 Å². The largest absolute Gasteiger partial charge is 0.380 e. The molecule has 0 radical (unpaired) electrons. The van der Waals surface area contributed by atoms with E-state index in [1.807, 2.05) is 20.8 Å². The van der Waals surface area contributed by atoms with Gasteiger partial charge in [-0.15, -0.1) is 0 Å². The van der Waals surface area contributed by atoms with Crippen LogP contribution in [0.5, 0.6) is 0 Å². The molecular formula is C11H20O. The molecule has 0 fully saturated rings. The number of hydrogen-bond donors (Lipinski definition) is 1. The van der Waals surface area contributed by atoms with Gasteiger partial charge in [0.05, 0.1) is 0 Å². The minimum Gasteiger partial charge on any atom is -0.380 e. The highest BCUT2D eigenvalue weighted by Gasteiger charge is 2.06. The third-order valence-electron chi connectivity index (χ3n) is 1.31.